The van der Waals surface area contributed by atoms with Crippen LogP contribution < -0.4 is 0 Å². The quantitative estimate of drug-likeness (QED) is 0.863. The summed E-state index contributed by atoms with van der Waals surface area (Å²) >= 11 is 1.29. The molecule has 2 heterocycles. The molecule has 1 saturated heterocycles. The van der Waals surface area contributed by atoms with Crippen LogP contribution in [0.1, 0.15) is 12.7 Å². The van der Waals surface area contributed by atoms with Gasteiger partial charge < -0.3 is 9.67 Å². The lowest BCUT2D eigenvalue weighted by Crippen LogP contribution is -2.41. The average molecular weight is 305 g/mol. The molecular weight excluding hydrogens is 290 g/mol. The number of carbonyl (C=O) groups is 1. The molecule has 1 aromatic heterocycles. The second-order valence-electron chi connectivity index (χ2n) is 4.16. The van der Waals surface area contributed by atoms with Gasteiger partial charge in [0.1, 0.15) is 11.9 Å². The molecule has 0 unspecified atom stereocenters. The molecule has 1 atom stereocenters. The largest absolute Gasteiger partial charge is 0.480 e. The van der Waals surface area contributed by atoms with Crippen LogP contribution in [0.15, 0.2) is 11.2 Å². The molecule has 1 aromatic rings. The number of hydrogen-bond donors (Lipinski definition) is 1. The number of carboxylic acid groups (broad SMARTS) is 1. The van der Waals surface area contributed by atoms with E-state index in [1.54, 1.807) is 11.5 Å². The van der Waals surface area contributed by atoms with Crippen molar-refractivity contribution in [2.24, 2.45) is 0 Å². The molecule has 19 heavy (non-hydrogen) atoms. The van der Waals surface area contributed by atoms with Crippen LogP contribution in [-0.2, 0) is 21.4 Å². The zero-order valence-corrected chi connectivity index (χ0v) is 12.2. The molecule has 0 aliphatic carbocycles. The number of aromatic nitrogens is 2. The number of rotatable bonds is 4. The number of sulfonamides is 1. The lowest BCUT2D eigenvalue weighted by Gasteiger charge is -2.18. The van der Waals surface area contributed by atoms with Gasteiger partial charge in [-0.3, -0.25) is 4.79 Å². The topological polar surface area (TPSA) is 92.5 Å². The Balaban J connectivity index is 2.38. The van der Waals surface area contributed by atoms with Crippen molar-refractivity contribution in [2.75, 3.05) is 11.6 Å². The Bertz CT molecular complexity index is 596. The predicted molar refractivity (Wildman–Crippen MR) is 70.4 cm³/mol. The first-order valence-corrected chi connectivity index (χ1v) is 8.33. The van der Waals surface area contributed by atoms with Crippen molar-refractivity contribution >= 4 is 27.8 Å². The minimum absolute atomic E-state index is 0.0828. The summed E-state index contributed by atoms with van der Waals surface area (Å²) in [5.74, 6) is -0.112. The molecule has 1 aliphatic rings. The summed E-state index contributed by atoms with van der Waals surface area (Å²) in [6, 6.07) is -1.01. The molecule has 9 heteroatoms. The van der Waals surface area contributed by atoms with Gasteiger partial charge in [0, 0.05) is 18.5 Å². The van der Waals surface area contributed by atoms with Gasteiger partial charge in [0.25, 0.3) is 10.0 Å². The van der Waals surface area contributed by atoms with Crippen molar-refractivity contribution in [2.45, 2.75) is 31.5 Å². The van der Waals surface area contributed by atoms with E-state index in [1.807, 2.05) is 6.92 Å². The molecule has 7 nitrogen and oxygen atoms in total. The number of carboxylic acids is 1. The lowest BCUT2D eigenvalue weighted by atomic mass is 10.4. The van der Waals surface area contributed by atoms with Gasteiger partial charge in [0.2, 0.25) is 0 Å². The first-order chi connectivity index (χ1) is 8.87. The molecule has 0 saturated carbocycles. The maximum atomic E-state index is 12.4. The standard InChI is InChI=1S/C10H15N3O4S2/c1-3-12-4-9(11-7(12)2)19(16,17)13-6-18-5-8(13)10(14)15/h4,8H,3,5-6H2,1-2H3,(H,14,15)/t8-/m0/s1. The third-order valence-electron chi connectivity index (χ3n) is 2.99. The summed E-state index contributed by atoms with van der Waals surface area (Å²) in [6.07, 6.45) is 1.45. The van der Waals surface area contributed by atoms with E-state index < -0.39 is 22.0 Å². The van der Waals surface area contributed by atoms with Crippen LogP contribution in [0, 0.1) is 6.92 Å². The van der Waals surface area contributed by atoms with Gasteiger partial charge in [0.15, 0.2) is 5.03 Å². The van der Waals surface area contributed by atoms with Crippen LogP contribution >= 0.6 is 11.8 Å². The summed E-state index contributed by atoms with van der Waals surface area (Å²) < 4.78 is 27.5. The minimum atomic E-state index is -3.84. The second-order valence-corrected chi connectivity index (χ2v) is 7.00. The SMILES string of the molecule is CCn1cc(S(=O)(=O)N2CSC[C@H]2C(=O)O)nc1C. The van der Waals surface area contributed by atoms with Crippen molar-refractivity contribution in [1.29, 1.82) is 0 Å². The molecule has 1 fully saturated rings. The van der Waals surface area contributed by atoms with Crippen molar-refractivity contribution in [3.8, 4) is 0 Å². The maximum Gasteiger partial charge on any atom is 0.322 e. The fraction of sp³-hybridized carbons (Fsp3) is 0.600. The highest BCUT2D eigenvalue weighted by Crippen LogP contribution is 2.28. The Morgan fingerprint density at radius 1 is 1.63 bits per heavy atom. The highest BCUT2D eigenvalue weighted by molar-refractivity contribution is 8.00. The van der Waals surface area contributed by atoms with E-state index in [0.29, 0.717) is 12.4 Å². The third-order valence-corrected chi connectivity index (χ3v) is 5.90. The van der Waals surface area contributed by atoms with Gasteiger partial charge >= 0.3 is 5.97 Å². The van der Waals surface area contributed by atoms with Gasteiger partial charge in [-0.05, 0) is 13.8 Å². The van der Waals surface area contributed by atoms with E-state index in [9.17, 15) is 13.2 Å². The van der Waals surface area contributed by atoms with Crippen molar-refractivity contribution in [3.63, 3.8) is 0 Å². The molecule has 0 bridgehead atoms. The van der Waals surface area contributed by atoms with Crippen molar-refractivity contribution in [1.82, 2.24) is 13.9 Å². The monoisotopic (exact) mass is 305 g/mol. The zero-order valence-electron chi connectivity index (χ0n) is 10.6. The Morgan fingerprint density at radius 2 is 2.32 bits per heavy atom. The minimum Gasteiger partial charge on any atom is -0.480 e. The van der Waals surface area contributed by atoms with Gasteiger partial charge in [-0.15, -0.1) is 11.8 Å². The Hall–Kier alpha value is -1.06. The normalized spacial score (nSPS) is 20.8. The van der Waals surface area contributed by atoms with Crippen LogP contribution in [0.5, 0.6) is 0 Å². The third kappa shape index (κ3) is 2.49. The molecular formula is C10H15N3O4S2. The number of aryl methyl sites for hydroxylation is 2. The van der Waals surface area contributed by atoms with E-state index in [4.69, 9.17) is 5.11 Å². The highest BCUT2D eigenvalue weighted by Gasteiger charge is 2.41. The summed E-state index contributed by atoms with van der Waals surface area (Å²) in [4.78, 5) is 15.1. The Labute approximate surface area is 115 Å². The molecule has 2 rings (SSSR count). The molecule has 0 aromatic carbocycles. The molecule has 1 aliphatic heterocycles. The van der Waals surface area contributed by atoms with Crippen LogP contribution in [0.2, 0.25) is 0 Å². The molecule has 0 amide bonds. The number of hydrogen-bond acceptors (Lipinski definition) is 5. The fourth-order valence-electron chi connectivity index (χ4n) is 1.90. The average Bonchev–Trinajstić information content (AvgIpc) is 2.94. The first kappa shape index (κ1) is 14.4. The number of thioether (sulfide) groups is 1. The van der Waals surface area contributed by atoms with Crippen LogP contribution in [0.25, 0.3) is 0 Å². The number of imidazole rings is 1. The molecule has 1 N–H and O–H groups in total. The zero-order chi connectivity index (χ0) is 14.2. The van der Waals surface area contributed by atoms with E-state index in [-0.39, 0.29) is 16.7 Å². The van der Waals surface area contributed by atoms with Crippen LogP contribution in [0.4, 0.5) is 0 Å². The highest BCUT2D eigenvalue weighted by atomic mass is 32.2. The molecule has 0 radical (unpaired) electrons. The van der Waals surface area contributed by atoms with Gasteiger partial charge in [-0.2, -0.15) is 4.31 Å². The second kappa shape index (κ2) is 5.14. The summed E-state index contributed by atoms with van der Waals surface area (Å²) in [5.41, 5.74) is 0. The number of nitrogens with zero attached hydrogens (tertiary/aromatic N) is 3. The Morgan fingerprint density at radius 3 is 2.84 bits per heavy atom. The van der Waals surface area contributed by atoms with Crippen LogP contribution in [-0.4, -0.2) is 51.0 Å². The van der Waals surface area contributed by atoms with Gasteiger partial charge in [-0.25, -0.2) is 13.4 Å². The van der Waals surface area contributed by atoms with E-state index in [0.717, 1.165) is 4.31 Å². The van der Waals surface area contributed by atoms with E-state index in [2.05, 4.69) is 4.98 Å². The van der Waals surface area contributed by atoms with Crippen LogP contribution in [0.3, 0.4) is 0 Å². The molecule has 106 valence electrons. The maximum absolute atomic E-state index is 12.4. The summed E-state index contributed by atoms with van der Waals surface area (Å²) in [5, 5.41) is 8.97. The van der Waals surface area contributed by atoms with E-state index >= 15 is 0 Å². The first-order valence-electron chi connectivity index (χ1n) is 5.74. The number of aliphatic carboxylic acids is 1. The fourth-order valence-corrected chi connectivity index (χ4v) is 5.03. The summed E-state index contributed by atoms with van der Waals surface area (Å²) in [7, 11) is -3.84. The van der Waals surface area contributed by atoms with Gasteiger partial charge in [0.05, 0.1) is 5.88 Å². The van der Waals surface area contributed by atoms with Crippen molar-refractivity contribution < 1.29 is 18.3 Å². The van der Waals surface area contributed by atoms with Crippen molar-refractivity contribution in [3.05, 3.63) is 12.0 Å². The van der Waals surface area contributed by atoms with Gasteiger partial charge in [-0.1, -0.05) is 0 Å². The smallest absolute Gasteiger partial charge is 0.322 e. The lowest BCUT2D eigenvalue weighted by molar-refractivity contribution is -0.140. The van der Waals surface area contributed by atoms with E-state index in [1.165, 1.54) is 18.0 Å². The molecule has 0 spiro atoms. The summed E-state index contributed by atoms with van der Waals surface area (Å²) in [6.45, 7) is 4.22. The Kier molecular flexibility index (Phi) is 3.88. The predicted octanol–water partition coefficient (Wildman–Crippen LogP) is 0.360.